The molecule has 0 saturated heterocycles. The Hall–Kier alpha value is -1.53. The van der Waals surface area contributed by atoms with Gasteiger partial charge in [-0.05, 0) is 26.0 Å². The first-order valence-electron chi connectivity index (χ1n) is 7.67. The van der Waals surface area contributed by atoms with Crippen LogP contribution in [0.25, 0.3) is 0 Å². The highest BCUT2D eigenvalue weighted by atomic mass is 32.2. The van der Waals surface area contributed by atoms with Crippen LogP contribution in [0, 0.1) is 13.8 Å². The molecule has 2 N–H and O–H groups in total. The van der Waals surface area contributed by atoms with E-state index in [1.54, 1.807) is 18.4 Å². The topological polar surface area (TPSA) is 49.3 Å². The van der Waals surface area contributed by atoms with Gasteiger partial charge in [0.2, 0.25) is 0 Å². The van der Waals surface area contributed by atoms with Crippen molar-refractivity contribution in [3.05, 3.63) is 45.9 Å². The Bertz CT molecular complexity index is 618. The third kappa shape index (κ3) is 5.88. The Morgan fingerprint density at radius 1 is 1.26 bits per heavy atom. The van der Waals surface area contributed by atoms with Crippen molar-refractivity contribution in [3.8, 4) is 0 Å². The van der Waals surface area contributed by atoms with E-state index in [0.717, 1.165) is 23.2 Å². The Morgan fingerprint density at radius 2 is 2.00 bits per heavy atom. The highest BCUT2D eigenvalue weighted by molar-refractivity contribution is 8.00. The van der Waals surface area contributed by atoms with Crippen molar-refractivity contribution in [2.24, 2.45) is 4.99 Å². The number of hydrogen-bond acceptors (Lipinski definition) is 4. The molecule has 0 aliphatic heterocycles. The van der Waals surface area contributed by atoms with Crippen LogP contribution >= 0.6 is 23.1 Å². The van der Waals surface area contributed by atoms with Crippen LogP contribution in [0.3, 0.4) is 0 Å². The lowest BCUT2D eigenvalue weighted by Crippen LogP contribution is -2.39. The van der Waals surface area contributed by atoms with E-state index in [1.165, 1.54) is 9.77 Å². The molecule has 1 aromatic carbocycles. The summed E-state index contributed by atoms with van der Waals surface area (Å²) in [6.45, 7) is 7.93. The van der Waals surface area contributed by atoms with E-state index in [0.29, 0.717) is 11.8 Å². The monoisotopic (exact) mass is 348 g/mol. The van der Waals surface area contributed by atoms with Crippen LogP contribution < -0.4 is 10.6 Å². The number of thiazole rings is 1. The second-order valence-corrected chi connectivity index (χ2v) is 8.10. The van der Waals surface area contributed by atoms with Gasteiger partial charge in [0.05, 0.1) is 12.2 Å². The molecular weight excluding hydrogens is 324 g/mol. The summed E-state index contributed by atoms with van der Waals surface area (Å²) >= 11 is 3.59. The van der Waals surface area contributed by atoms with Crippen LogP contribution in [-0.4, -0.2) is 29.8 Å². The highest BCUT2D eigenvalue weighted by Crippen LogP contribution is 2.21. The fourth-order valence-electron chi connectivity index (χ4n) is 2.01. The average molecular weight is 349 g/mol. The van der Waals surface area contributed by atoms with Crippen LogP contribution in [0.1, 0.15) is 22.5 Å². The van der Waals surface area contributed by atoms with Gasteiger partial charge in [-0.1, -0.05) is 25.1 Å². The van der Waals surface area contributed by atoms with Crippen molar-refractivity contribution in [1.82, 2.24) is 15.6 Å². The molecule has 0 amide bonds. The zero-order chi connectivity index (χ0) is 16.7. The van der Waals surface area contributed by atoms with Gasteiger partial charge in [-0.15, -0.1) is 23.1 Å². The number of nitrogens with zero attached hydrogens (tertiary/aromatic N) is 2. The number of aliphatic imine (C=N–C) groups is 1. The Morgan fingerprint density at radius 3 is 2.61 bits per heavy atom. The standard InChI is InChI=1S/C17H24N4S2/c1-12(22-15-8-6-5-7-9-15)10-19-17(18-4)20-11-16-21-13(2)14(3)23-16/h5-9,12H,10-11H2,1-4H3,(H2,18,19,20). The molecule has 0 fully saturated rings. The van der Waals surface area contributed by atoms with Gasteiger partial charge in [-0.3, -0.25) is 4.99 Å². The summed E-state index contributed by atoms with van der Waals surface area (Å²) in [5.41, 5.74) is 1.11. The quantitative estimate of drug-likeness (QED) is 0.476. The first kappa shape index (κ1) is 17.8. The lowest BCUT2D eigenvalue weighted by Gasteiger charge is -2.15. The van der Waals surface area contributed by atoms with Crippen LogP contribution in [0.4, 0.5) is 0 Å². The van der Waals surface area contributed by atoms with E-state index in [9.17, 15) is 0 Å². The summed E-state index contributed by atoms with van der Waals surface area (Å²) in [6.07, 6.45) is 0. The number of nitrogens with one attached hydrogen (secondary N) is 2. The van der Waals surface area contributed by atoms with Crippen LogP contribution in [0.15, 0.2) is 40.2 Å². The largest absolute Gasteiger partial charge is 0.355 e. The van der Waals surface area contributed by atoms with Gasteiger partial charge in [-0.25, -0.2) is 4.98 Å². The van der Waals surface area contributed by atoms with Crippen molar-refractivity contribution in [3.63, 3.8) is 0 Å². The van der Waals surface area contributed by atoms with Gasteiger partial charge in [0.1, 0.15) is 5.01 Å². The summed E-state index contributed by atoms with van der Waals surface area (Å²) in [6, 6.07) is 10.5. The van der Waals surface area contributed by atoms with Crippen molar-refractivity contribution in [2.45, 2.75) is 37.5 Å². The maximum absolute atomic E-state index is 4.54. The molecule has 6 heteroatoms. The molecule has 2 aromatic rings. The summed E-state index contributed by atoms with van der Waals surface area (Å²) < 4.78 is 0. The van der Waals surface area contributed by atoms with Crippen molar-refractivity contribution >= 4 is 29.1 Å². The highest BCUT2D eigenvalue weighted by Gasteiger charge is 2.07. The molecule has 4 nitrogen and oxygen atoms in total. The molecule has 0 bridgehead atoms. The number of thioether (sulfide) groups is 1. The number of hydrogen-bond donors (Lipinski definition) is 2. The van der Waals surface area contributed by atoms with Gasteiger partial charge >= 0.3 is 0 Å². The summed E-state index contributed by atoms with van der Waals surface area (Å²) in [7, 11) is 1.79. The molecule has 0 aliphatic carbocycles. The predicted molar refractivity (Wildman–Crippen MR) is 102 cm³/mol. The summed E-state index contributed by atoms with van der Waals surface area (Å²) in [5.74, 6) is 0.816. The van der Waals surface area contributed by atoms with E-state index in [2.05, 4.69) is 58.7 Å². The lowest BCUT2D eigenvalue weighted by molar-refractivity contribution is 0.786. The predicted octanol–water partition coefficient (Wildman–Crippen LogP) is 3.61. The number of aryl methyl sites for hydroxylation is 2. The molecule has 2 rings (SSSR count). The summed E-state index contributed by atoms with van der Waals surface area (Å²) in [5, 5.41) is 8.25. The molecule has 1 atom stereocenters. The number of aromatic nitrogens is 1. The Labute approximate surface area is 146 Å². The molecule has 1 aromatic heterocycles. The molecular formula is C17H24N4S2. The second kappa shape index (κ2) is 8.93. The van der Waals surface area contributed by atoms with E-state index >= 15 is 0 Å². The third-order valence-electron chi connectivity index (χ3n) is 3.34. The summed E-state index contributed by atoms with van der Waals surface area (Å²) in [4.78, 5) is 11.4. The lowest BCUT2D eigenvalue weighted by atomic mass is 10.4. The maximum Gasteiger partial charge on any atom is 0.191 e. The molecule has 0 spiro atoms. The minimum Gasteiger partial charge on any atom is -0.355 e. The molecule has 1 unspecified atom stereocenters. The van der Waals surface area contributed by atoms with Gasteiger partial charge in [0.15, 0.2) is 5.96 Å². The van der Waals surface area contributed by atoms with E-state index in [-0.39, 0.29) is 0 Å². The minimum atomic E-state index is 0.459. The van der Waals surface area contributed by atoms with E-state index in [4.69, 9.17) is 0 Å². The molecule has 0 aliphatic rings. The minimum absolute atomic E-state index is 0.459. The first-order chi connectivity index (χ1) is 11.1. The van der Waals surface area contributed by atoms with Crippen LogP contribution in [-0.2, 0) is 6.54 Å². The van der Waals surface area contributed by atoms with E-state index < -0.39 is 0 Å². The van der Waals surface area contributed by atoms with Gasteiger partial charge in [0, 0.05) is 28.6 Å². The zero-order valence-electron chi connectivity index (χ0n) is 14.1. The fourth-order valence-corrected chi connectivity index (χ4v) is 3.83. The Balaban J connectivity index is 1.76. The average Bonchev–Trinajstić information content (AvgIpc) is 2.87. The zero-order valence-corrected chi connectivity index (χ0v) is 15.7. The van der Waals surface area contributed by atoms with Crippen LogP contribution in [0.2, 0.25) is 0 Å². The smallest absolute Gasteiger partial charge is 0.191 e. The molecule has 0 radical (unpaired) electrons. The number of benzene rings is 1. The normalized spacial score (nSPS) is 13.0. The third-order valence-corrected chi connectivity index (χ3v) is 5.53. The van der Waals surface area contributed by atoms with Crippen LogP contribution in [0.5, 0.6) is 0 Å². The molecule has 124 valence electrons. The van der Waals surface area contributed by atoms with Crippen molar-refractivity contribution in [2.75, 3.05) is 13.6 Å². The fraction of sp³-hybridized carbons (Fsp3) is 0.412. The first-order valence-corrected chi connectivity index (χ1v) is 9.37. The molecule has 0 saturated carbocycles. The van der Waals surface area contributed by atoms with Gasteiger partial charge in [-0.2, -0.15) is 0 Å². The van der Waals surface area contributed by atoms with E-state index in [1.807, 2.05) is 24.8 Å². The van der Waals surface area contributed by atoms with Gasteiger partial charge < -0.3 is 10.6 Å². The number of rotatable bonds is 6. The van der Waals surface area contributed by atoms with Gasteiger partial charge in [0.25, 0.3) is 0 Å². The van der Waals surface area contributed by atoms with Crippen molar-refractivity contribution < 1.29 is 0 Å². The molecule has 1 heterocycles. The van der Waals surface area contributed by atoms with Crippen molar-refractivity contribution in [1.29, 1.82) is 0 Å². The number of guanidine groups is 1. The maximum atomic E-state index is 4.54. The molecule has 23 heavy (non-hydrogen) atoms. The second-order valence-electron chi connectivity index (χ2n) is 5.30. The SMILES string of the molecule is CN=C(NCc1nc(C)c(C)s1)NCC(C)Sc1ccccc1. The Kier molecular flexibility index (Phi) is 6.92.